The summed E-state index contributed by atoms with van der Waals surface area (Å²) in [6.45, 7) is 0. The van der Waals surface area contributed by atoms with Crippen LogP contribution < -0.4 is 0 Å². The van der Waals surface area contributed by atoms with E-state index in [1.54, 1.807) is 36.4 Å². The van der Waals surface area contributed by atoms with Gasteiger partial charge in [0.25, 0.3) is 0 Å². The third-order valence-corrected chi connectivity index (χ3v) is 2.21. The molecule has 1 aromatic heterocycles. The quantitative estimate of drug-likeness (QED) is 0.483. The van der Waals surface area contributed by atoms with Crippen LogP contribution in [0.2, 0.25) is 0 Å². The number of Topliss-reactive ketones (excluding diaryl/α,β-unsaturated/α-hetero) is 2. The molecule has 0 spiro atoms. The van der Waals surface area contributed by atoms with Gasteiger partial charge in [-0.2, -0.15) is 0 Å². The van der Waals surface area contributed by atoms with Gasteiger partial charge in [-0.15, -0.1) is 0 Å². The molecular weight excluding hydrogens is 253 g/mol. The molecule has 0 N–H and O–H groups in total. The zero-order valence-corrected chi connectivity index (χ0v) is 9.88. The summed E-state index contributed by atoms with van der Waals surface area (Å²) in [6.07, 6.45) is 1.26. The second-order valence-electron chi connectivity index (χ2n) is 3.45. The highest BCUT2D eigenvalue weighted by atomic mass is 19.2. The van der Waals surface area contributed by atoms with Crippen LogP contribution in [-0.2, 0) is 0 Å². The molecule has 0 aliphatic carbocycles. The molecule has 0 aliphatic heterocycles. The first kappa shape index (κ1) is 14.8. The predicted molar refractivity (Wildman–Crippen MR) is 66.4 cm³/mol. The molecule has 0 atom stereocenters. The SMILES string of the molecule is F[B]F.O=C(CC(=O)c1ccco1)c1ccccc1. The molecule has 0 amide bonds. The van der Waals surface area contributed by atoms with Crippen molar-refractivity contribution in [3.8, 4) is 0 Å². The fraction of sp³-hybridized carbons (Fsp3) is 0.0769. The van der Waals surface area contributed by atoms with E-state index in [9.17, 15) is 18.2 Å². The Hall–Kier alpha value is -2.24. The number of halogens is 2. The van der Waals surface area contributed by atoms with Crippen molar-refractivity contribution < 1.29 is 22.6 Å². The van der Waals surface area contributed by atoms with Crippen molar-refractivity contribution in [3.05, 3.63) is 60.1 Å². The maximum absolute atomic E-state index is 11.7. The van der Waals surface area contributed by atoms with E-state index in [0.29, 0.717) is 5.56 Å². The Bertz CT molecular complexity index is 512. The summed E-state index contributed by atoms with van der Waals surface area (Å²) in [5.41, 5.74) is 0.544. The molecule has 0 saturated heterocycles. The molecule has 1 radical (unpaired) electrons. The van der Waals surface area contributed by atoms with E-state index in [4.69, 9.17) is 4.42 Å². The molecule has 1 heterocycles. The molecule has 0 fully saturated rings. The van der Waals surface area contributed by atoms with E-state index in [1.807, 2.05) is 6.07 Å². The van der Waals surface area contributed by atoms with Gasteiger partial charge in [0, 0.05) is 5.56 Å². The number of hydrogen-bond donors (Lipinski definition) is 0. The standard InChI is InChI=1S/C13H10O3.BF2/c14-11(10-5-2-1-3-6-10)9-12(15)13-7-4-8-16-13;2-1-3/h1-8H,9H2;. The molecule has 0 unspecified atom stereocenters. The van der Waals surface area contributed by atoms with E-state index in [0.717, 1.165) is 0 Å². The minimum Gasteiger partial charge on any atom is -0.461 e. The molecule has 19 heavy (non-hydrogen) atoms. The highest BCUT2D eigenvalue weighted by molar-refractivity contribution is 6.15. The van der Waals surface area contributed by atoms with Gasteiger partial charge >= 0.3 is 7.83 Å². The Labute approximate surface area is 109 Å². The van der Waals surface area contributed by atoms with Gasteiger partial charge in [0.15, 0.2) is 11.5 Å². The monoisotopic (exact) mass is 263 g/mol. The number of hydrogen-bond acceptors (Lipinski definition) is 3. The summed E-state index contributed by atoms with van der Waals surface area (Å²) in [5.74, 6) is -0.259. The van der Waals surface area contributed by atoms with Crippen molar-refractivity contribution >= 4 is 19.4 Å². The maximum Gasteiger partial charge on any atom is 0.577 e. The summed E-state index contributed by atoms with van der Waals surface area (Å²) in [7, 11) is -1.00. The van der Waals surface area contributed by atoms with Gasteiger partial charge in [-0.05, 0) is 12.1 Å². The topological polar surface area (TPSA) is 47.3 Å². The Morgan fingerprint density at radius 2 is 1.63 bits per heavy atom. The molecule has 3 nitrogen and oxygen atoms in total. The Balaban J connectivity index is 0.000000550. The third-order valence-electron chi connectivity index (χ3n) is 2.21. The molecule has 2 aromatic rings. The van der Waals surface area contributed by atoms with Gasteiger partial charge in [0.2, 0.25) is 5.78 Å². The summed E-state index contributed by atoms with van der Waals surface area (Å²) in [5, 5.41) is 0. The molecule has 97 valence electrons. The van der Waals surface area contributed by atoms with Crippen LogP contribution in [0.1, 0.15) is 27.3 Å². The highest BCUT2D eigenvalue weighted by Crippen LogP contribution is 2.08. The average molecular weight is 263 g/mol. The second kappa shape index (κ2) is 7.97. The van der Waals surface area contributed by atoms with Gasteiger partial charge in [0.1, 0.15) is 0 Å². The van der Waals surface area contributed by atoms with Gasteiger partial charge < -0.3 is 4.42 Å². The molecule has 0 aliphatic rings. The summed E-state index contributed by atoms with van der Waals surface area (Å²) < 4.78 is 23.9. The minimum absolute atomic E-state index is 0.155. The number of rotatable bonds is 4. The van der Waals surface area contributed by atoms with Crippen LogP contribution in [0.5, 0.6) is 0 Å². The minimum atomic E-state index is -1.00. The van der Waals surface area contributed by atoms with Crippen LogP contribution in [0.4, 0.5) is 8.63 Å². The maximum atomic E-state index is 11.7. The molecule has 0 saturated carbocycles. The van der Waals surface area contributed by atoms with Crippen LogP contribution in [0.3, 0.4) is 0 Å². The van der Waals surface area contributed by atoms with Gasteiger partial charge in [0.05, 0.1) is 12.7 Å². The van der Waals surface area contributed by atoms with Crippen molar-refractivity contribution in [1.82, 2.24) is 0 Å². The first-order valence-corrected chi connectivity index (χ1v) is 5.36. The highest BCUT2D eigenvalue weighted by Gasteiger charge is 2.14. The number of carbonyl (C=O) groups is 2. The van der Waals surface area contributed by atoms with Crippen LogP contribution in [-0.4, -0.2) is 19.4 Å². The van der Waals surface area contributed by atoms with E-state index >= 15 is 0 Å². The van der Waals surface area contributed by atoms with Gasteiger partial charge in [-0.1, -0.05) is 30.3 Å². The van der Waals surface area contributed by atoms with Crippen molar-refractivity contribution in [3.63, 3.8) is 0 Å². The summed E-state index contributed by atoms with van der Waals surface area (Å²) >= 11 is 0. The van der Waals surface area contributed by atoms with E-state index in [-0.39, 0.29) is 23.7 Å². The number of ketones is 2. The van der Waals surface area contributed by atoms with Crippen molar-refractivity contribution in [2.45, 2.75) is 6.42 Å². The van der Waals surface area contributed by atoms with Crippen LogP contribution in [0.15, 0.2) is 53.1 Å². The number of benzene rings is 1. The van der Waals surface area contributed by atoms with Crippen LogP contribution in [0.25, 0.3) is 0 Å². The van der Waals surface area contributed by atoms with Crippen molar-refractivity contribution in [1.29, 1.82) is 0 Å². The summed E-state index contributed by atoms with van der Waals surface area (Å²) in [6, 6.07) is 11.9. The Morgan fingerprint density at radius 1 is 1.00 bits per heavy atom. The van der Waals surface area contributed by atoms with Crippen molar-refractivity contribution in [2.75, 3.05) is 0 Å². The Kier molecular flexibility index (Phi) is 6.22. The van der Waals surface area contributed by atoms with Crippen LogP contribution in [0, 0.1) is 0 Å². The lowest BCUT2D eigenvalue weighted by molar-refractivity contribution is 0.0878. The first-order valence-electron chi connectivity index (χ1n) is 5.36. The van der Waals surface area contributed by atoms with Gasteiger partial charge in [-0.3, -0.25) is 18.2 Å². The first-order chi connectivity index (χ1) is 9.19. The molecule has 1 aromatic carbocycles. The van der Waals surface area contributed by atoms with E-state index in [1.165, 1.54) is 6.26 Å². The zero-order chi connectivity index (χ0) is 14.1. The number of carbonyl (C=O) groups excluding carboxylic acids is 2. The zero-order valence-electron chi connectivity index (χ0n) is 9.88. The fourth-order valence-corrected chi connectivity index (χ4v) is 1.40. The second-order valence-corrected chi connectivity index (χ2v) is 3.45. The smallest absolute Gasteiger partial charge is 0.461 e. The largest absolute Gasteiger partial charge is 0.577 e. The average Bonchev–Trinajstić information content (AvgIpc) is 2.94. The van der Waals surface area contributed by atoms with E-state index in [2.05, 4.69) is 0 Å². The third kappa shape index (κ3) is 4.87. The normalized spacial score (nSPS) is 9.16. The summed E-state index contributed by atoms with van der Waals surface area (Å²) in [4.78, 5) is 23.3. The van der Waals surface area contributed by atoms with Crippen LogP contribution >= 0.6 is 0 Å². The molecule has 2 rings (SSSR count). The number of furan rings is 1. The van der Waals surface area contributed by atoms with Gasteiger partial charge in [-0.25, -0.2) is 0 Å². The lowest BCUT2D eigenvalue weighted by atomic mass is 10.1. The lowest BCUT2D eigenvalue weighted by Crippen LogP contribution is -2.07. The molecule has 0 bridgehead atoms. The molecular formula is C13H10BF2O3. The van der Waals surface area contributed by atoms with Crippen molar-refractivity contribution in [2.24, 2.45) is 0 Å². The van der Waals surface area contributed by atoms with E-state index < -0.39 is 7.83 Å². The molecule has 6 heteroatoms. The lowest BCUT2D eigenvalue weighted by Gasteiger charge is -1.98. The fourth-order valence-electron chi connectivity index (χ4n) is 1.40. The Morgan fingerprint density at radius 3 is 2.16 bits per heavy atom. The predicted octanol–water partition coefficient (Wildman–Crippen LogP) is 3.19.